The number of carbonyl (C=O) groups excluding carboxylic acids is 1. The Labute approximate surface area is 146 Å². The molecule has 0 bridgehead atoms. The minimum atomic E-state index is -1.11. The van der Waals surface area contributed by atoms with Crippen LogP contribution in [0.2, 0.25) is 0 Å². The predicted octanol–water partition coefficient (Wildman–Crippen LogP) is 2.95. The van der Waals surface area contributed by atoms with Crippen LogP contribution in [0.25, 0.3) is 0 Å². The summed E-state index contributed by atoms with van der Waals surface area (Å²) in [4.78, 5) is 23.2. The lowest BCUT2D eigenvalue weighted by molar-refractivity contribution is 0.0691. The monoisotopic (exact) mass is 342 g/mol. The first-order valence-electron chi connectivity index (χ1n) is 8.17. The van der Waals surface area contributed by atoms with Crippen LogP contribution in [-0.2, 0) is 0 Å². The van der Waals surface area contributed by atoms with Crippen molar-refractivity contribution in [2.45, 2.75) is 19.3 Å². The fourth-order valence-corrected chi connectivity index (χ4v) is 2.32. The second-order valence-corrected chi connectivity index (χ2v) is 5.58. The molecule has 2 aromatic rings. The Morgan fingerprint density at radius 3 is 2.32 bits per heavy atom. The molecule has 25 heavy (non-hydrogen) atoms. The van der Waals surface area contributed by atoms with Crippen LogP contribution in [0.4, 0.5) is 5.69 Å². The van der Waals surface area contributed by atoms with E-state index in [2.05, 4.69) is 5.32 Å². The number of amides is 1. The number of nitrogens with two attached hydrogens (primary N) is 1. The third-order valence-electron chi connectivity index (χ3n) is 3.66. The summed E-state index contributed by atoms with van der Waals surface area (Å²) in [5, 5.41) is 11.8. The van der Waals surface area contributed by atoms with Gasteiger partial charge in [0.25, 0.3) is 5.91 Å². The van der Waals surface area contributed by atoms with Gasteiger partial charge < -0.3 is 20.9 Å². The number of hydrogen-bond acceptors (Lipinski definition) is 4. The number of hydrogen-bond donors (Lipinski definition) is 3. The minimum absolute atomic E-state index is 0.0110. The van der Waals surface area contributed by atoms with Crippen LogP contribution >= 0.6 is 0 Å². The zero-order valence-corrected chi connectivity index (χ0v) is 13.9. The maximum Gasteiger partial charge on any atom is 0.336 e. The van der Waals surface area contributed by atoms with Crippen molar-refractivity contribution in [2.24, 2.45) is 0 Å². The lowest BCUT2D eigenvalue weighted by Crippen LogP contribution is -2.26. The van der Waals surface area contributed by atoms with Crippen LogP contribution in [0.3, 0.4) is 0 Å². The van der Waals surface area contributed by atoms with E-state index >= 15 is 0 Å². The molecule has 0 aliphatic rings. The van der Waals surface area contributed by atoms with Crippen molar-refractivity contribution in [3.8, 4) is 5.75 Å². The summed E-state index contributed by atoms with van der Waals surface area (Å²) >= 11 is 0. The van der Waals surface area contributed by atoms with Gasteiger partial charge in [0.1, 0.15) is 5.75 Å². The molecule has 0 aliphatic heterocycles. The first-order valence-corrected chi connectivity index (χ1v) is 8.17. The Bertz CT molecular complexity index is 714. The van der Waals surface area contributed by atoms with Gasteiger partial charge in [-0.2, -0.15) is 0 Å². The molecule has 0 atom stereocenters. The van der Waals surface area contributed by atoms with Crippen molar-refractivity contribution in [3.63, 3.8) is 0 Å². The van der Waals surface area contributed by atoms with E-state index in [0.29, 0.717) is 18.8 Å². The van der Waals surface area contributed by atoms with Crippen LogP contribution in [0, 0.1) is 0 Å². The van der Waals surface area contributed by atoms with E-state index in [1.165, 1.54) is 12.1 Å². The molecule has 2 aromatic carbocycles. The van der Waals surface area contributed by atoms with Gasteiger partial charge in [-0.25, -0.2) is 4.79 Å². The summed E-state index contributed by atoms with van der Waals surface area (Å²) in [6.45, 7) is 1.09. The van der Waals surface area contributed by atoms with Gasteiger partial charge in [-0.3, -0.25) is 4.79 Å². The van der Waals surface area contributed by atoms with Crippen LogP contribution < -0.4 is 15.8 Å². The standard InChI is InChI=1S/C19H22N2O4/c20-14-8-10-15(11-9-14)25-13-5-1-4-12-21-18(22)16-6-2-3-7-17(16)19(23)24/h2-3,6-11H,1,4-5,12-13,20H2,(H,21,22)(H,23,24). The Hall–Kier alpha value is -3.02. The molecule has 0 spiro atoms. The number of ether oxygens (including phenoxy) is 1. The topological polar surface area (TPSA) is 102 Å². The van der Waals surface area contributed by atoms with Gasteiger partial charge in [-0.15, -0.1) is 0 Å². The van der Waals surface area contributed by atoms with Gasteiger partial charge in [0.05, 0.1) is 17.7 Å². The van der Waals surface area contributed by atoms with E-state index in [-0.39, 0.29) is 17.0 Å². The van der Waals surface area contributed by atoms with Gasteiger partial charge in [0, 0.05) is 12.2 Å². The molecule has 6 nitrogen and oxygen atoms in total. The maximum atomic E-state index is 12.1. The number of nitrogens with one attached hydrogen (secondary N) is 1. The molecule has 0 saturated carbocycles. The largest absolute Gasteiger partial charge is 0.494 e. The van der Waals surface area contributed by atoms with Gasteiger partial charge in [-0.05, 0) is 55.7 Å². The van der Waals surface area contributed by atoms with Crippen molar-refractivity contribution in [3.05, 3.63) is 59.7 Å². The molecule has 2 rings (SSSR count). The van der Waals surface area contributed by atoms with Crippen molar-refractivity contribution >= 4 is 17.6 Å². The molecular weight excluding hydrogens is 320 g/mol. The second kappa shape index (κ2) is 9.32. The number of rotatable bonds is 9. The van der Waals surface area contributed by atoms with E-state index in [0.717, 1.165) is 25.0 Å². The highest BCUT2D eigenvalue weighted by Crippen LogP contribution is 2.13. The number of benzene rings is 2. The summed E-state index contributed by atoms with van der Waals surface area (Å²) in [5.41, 5.74) is 6.50. The highest BCUT2D eigenvalue weighted by atomic mass is 16.5. The summed E-state index contributed by atoms with van der Waals surface area (Å²) < 4.78 is 5.59. The Morgan fingerprint density at radius 1 is 0.960 bits per heavy atom. The van der Waals surface area contributed by atoms with E-state index in [4.69, 9.17) is 15.6 Å². The Kier molecular flexibility index (Phi) is 6.83. The third kappa shape index (κ3) is 5.84. The first kappa shape index (κ1) is 18.3. The van der Waals surface area contributed by atoms with Crippen molar-refractivity contribution < 1.29 is 19.4 Å². The van der Waals surface area contributed by atoms with Crippen molar-refractivity contribution in [1.29, 1.82) is 0 Å². The summed E-state index contributed by atoms with van der Waals surface area (Å²) in [6.07, 6.45) is 2.56. The zero-order valence-electron chi connectivity index (χ0n) is 13.9. The number of aromatic carboxylic acids is 1. The molecule has 4 N–H and O–H groups in total. The second-order valence-electron chi connectivity index (χ2n) is 5.58. The number of carboxylic acids is 1. The Morgan fingerprint density at radius 2 is 1.64 bits per heavy atom. The lowest BCUT2D eigenvalue weighted by Gasteiger charge is -2.08. The fraction of sp³-hybridized carbons (Fsp3) is 0.263. The molecule has 0 fully saturated rings. The SMILES string of the molecule is Nc1ccc(OCCCCCNC(=O)c2ccccc2C(=O)O)cc1. The van der Waals surface area contributed by atoms with Crippen LogP contribution in [0.15, 0.2) is 48.5 Å². The summed E-state index contributed by atoms with van der Waals surface area (Å²) in [7, 11) is 0. The normalized spacial score (nSPS) is 10.2. The molecule has 6 heteroatoms. The first-order chi connectivity index (χ1) is 12.1. The van der Waals surface area contributed by atoms with E-state index < -0.39 is 5.97 Å². The number of nitrogen functional groups attached to an aromatic ring is 1. The third-order valence-corrected chi connectivity index (χ3v) is 3.66. The molecule has 0 unspecified atom stereocenters. The van der Waals surface area contributed by atoms with Gasteiger partial charge in [0.2, 0.25) is 0 Å². The minimum Gasteiger partial charge on any atom is -0.494 e. The molecule has 0 saturated heterocycles. The molecule has 0 aromatic heterocycles. The predicted molar refractivity (Wildman–Crippen MR) is 95.9 cm³/mol. The Balaban J connectivity index is 1.64. The molecule has 0 aliphatic carbocycles. The van der Waals surface area contributed by atoms with E-state index in [9.17, 15) is 9.59 Å². The highest BCUT2D eigenvalue weighted by molar-refractivity contribution is 6.04. The number of carbonyl (C=O) groups is 2. The summed E-state index contributed by atoms with van der Waals surface area (Å²) in [6, 6.07) is 13.4. The van der Waals surface area contributed by atoms with Crippen molar-refractivity contribution in [2.75, 3.05) is 18.9 Å². The number of anilines is 1. The van der Waals surface area contributed by atoms with Crippen LogP contribution in [-0.4, -0.2) is 30.1 Å². The van der Waals surface area contributed by atoms with E-state index in [1.807, 2.05) is 12.1 Å². The van der Waals surface area contributed by atoms with Gasteiger partial charge >= 0.3 is 5.97 Å². The maximum absolute atomic E-state index is 12.1. The summed E-state index contributed by atoms with van der Waals surface area (Å²) in [5.74, 6) is -0.686. The lowest BCUT2D eigenvalue weighted by atomic mass is 10.1. The zero-order chi connectivity index (χ0) is 18.1. The quantitative estimate of drug-likeness (QED) is 0.480. The highest BCUT2D eigenvalue weighted by Gasteiger charge is 2.14. The van der Waals surface area contributed by atoms with Crippen LogP contribution in [0.1, 0.15) is 40.0 Å². The average molecular weight is 342 g/mol. The molecular formula is C19H22N2O4. The molecule has 0 heterocycles. The van der Waals surface area contributed by atoms with Crippen LogP contribution in [0.5, 0.6) is 5.75 Å². The molecule has 1 amide bonds. The number of unbranched alkanes of at least 4 members (excludes halogenated alkanes) is 2. The molecule has 132 valence electrons. The van der Waals surface area contributed by atoms with Crippen molar-refractivity contribution in [1.82, 2.24) is 5.32 Å². The van der Waals surface area contributed by atoms with E-state index in [1.54, 1.807) is 24.3 Å². The van der Waals surface area contributed by atoms with Gasteiger partial charge in [0.15, 0.2) is 0 Å². The number of carboxylic acid groups (broad SMARTS) is 1. The molecule has 0 radical (unpaired) electrons. The van der Waals surface area contributed by atoms with Gasteiger partial charge in [-0.1, -0.05) is 12.1 Å². The average Bonchev–Trinajstić information content (AvgIpc) is 2.62. The smallest absolute Gasteiger partial charge is 0.336 e. The fourth-order valence-electron chi connectivity index (χ4n) is 2.32.